The Morgan fingerprint density at radius 1 is 1.18 bits per heavy atom. The van der Waals surface area contributed by atoms with Crippen LogP contribution in [0.25, 0.3) is 0 Å². The van der Waals surface area contributed by atoms with Crippen LogP contribution in [0.15, 0.2) is 0 Å². The van der Waals surface area contributed by atoms with E-state index < -0.39 is 23.8 Å². The number of hydrogen-bond acceptors (Lipinski definition) is 5. The summed E-state index contributed by atoms with van der Waals surface area (Å²) in [6.07, 6.45) is -2.76. The topological polar surface area (TPSA) is 135 Å². The summed E-state index contributed by atoms with van der Waals surface area (Å²) in [5.41, 5.74) is 0. The quantitative estimate of drug-likeness (QED) is 0.285. The number of aliphatic carboxylic acids is 2. The van der Waals surface area contributed by atoms with Crippen molar-refractivity contribution in [3.63, 3.8) is 0 Å². The molecular formula is C4H6O7. The van der Waals surface area contributed by atoms with Crippen LogP contribution in [0.5, 0.6) is 0 Å². The summed E-state index contributed by atoms with van der Waals surface area (Å²) >= 11 is 0. The molecule has 0 heterocycles. The van der Waals surface area contributed by atoms with E-state index in [1.165, 1.54) is 0 Å². The molecule has 0 spiro atoms. The van der Waals surface area contributed by atoms with Crippen molar-refractivity contribution in [1.82, 2.24) is 0 Å². The van der Waals surface area contributed by atoms with Crippen LogP contribution >= 0.6 is 0 Å². The van der Waals surface area contributed by atoms with Crippen molar-refractivity contribution in [2.45, 2.75) is 11.9 Å². The molecule has 1 atom stereocenters. The molecule has 0 aromatic rings. The highest BCUT2D eigenvalue weighted by molar-refractivity contribution is 5.85. The van der Waals surface area contributed by atoms with Gasteiger partial charge in [-0.15, -0.1) is 0 Å². The van der Waals surface area contributed by atoms with Gasteiger partial charge < -0.3 is 25.5 Å². The maximum absolute atomic E-state index is 9.84. The van der Waals surface area contributed by atoms with E-state index in [2.05, 4.69) is 0 Å². The maximum Gasteiger partial charge on any atom is 0.367 e. The normalized spacial score (nSPS) is 14.1. The van der Waals surface area contributed by atoms with Gasteiger partial charge in [-0.1, -0.05) is 0 Å². The lowest BCUT2D eigenvalue weighted by Crippen LogP contribution is -2.53. The van der Waals surface area contributed by atoms with Gasteiger partial charge in [-0.05, 0) is 0 Å². The molecule has 0 aliphatic carbocycles. The number of rotatable bonds is 3. The Hall–Kier alpha value is -1.18. The zero-order chi connectivity index (χ0) is 9.23. The Kier molecular flexibility index (Phi) is 2.52. The van der Waals surface area contributed by atoms with Crippen LogP contribution in [-0.4, -0.2) is 49.4 Å². The summed E-state index contributed by atoms with van der Waals surface area (Å²) in [6, 6.07) is 0. The molecule has 5 N–H and O–H groups in total. The Morgan fingerprint density at radius 2 is 1.55 bits per heavy atom. The fourth-order valence-corrected chi connectivity index (χ4v) is 0.289. The van der Waals surface area contributed by atoms with Gasteiger partial charge in [0.15, 0.2) is 0 Å². The first-order valence-electron chi connectivity index (χ1n) is 2.39. The molecule has 0 saturated heterocycles. The monoisotopic (exact) mass is 166 g/mol. The summed E-state index contributed by atoms with van der Waals surface area (Å²) < 4.78 is 0. The Labute approximate surface area is 60.1 Å². The second-order valence-corrected chi connectivity index (χ2v) is 1.77. The van der Waals surface area contributed by atoms with E-state index in [0.717, 1.165) is 0 Å². The number of carboxylic acids is 2. The lowest BCUT2D eigenvalue weighted by Gasteiger charge is -2.18. The van der Waals surface area contributed by atoms with Crippen molar-refractivity contribution in [3.8, 4) is 0 Å². The van der Waals surface area contributed by atoms with E-state index in [0.29, 0.717) is 0 Å². The summed E-state index contributed by atoms with van der Waals surface area (Å²) in [5, 5.41) is 40.9. The molecule has 0 aromatic carbocycles. The second-order valence-electron chi connectivity index (χ2n) is 1.77. The molecule has 7 nitrogen and oxygen atoms in total. The highest BCUT2D eigenvalue weighted by Crippen LogP contribution is 2.06. The number of aliphatic hydroxyl groups is 3. The molecule has 0 fully saturated rings. The van der Waals surface area contributed by atoms with Gasteiger partial charge >= 0.3 is 17.7 Å². The van der Waals surface area contributed by atoms with E-state index in [-0.39, 0.29) is 0 Å². The van der Waals surface area contributed by atoms with E-state index in [4.69, 9.17) is 25.5 Å². The minimum Gasteiger partial charge on any atom is -0.479 e. The van der Waals surface area contributed by atoms with Crippen molar-refractivity contribution >= 4 is 11.9 Å². The molecule has 0 unspecified atom stereocenters. The first-order valence-corrected chi connectivity index (χ1v) is 2.39. The van der Waals surface area contributed by atoms with Crippen molar-refractivity contribution < 1.29 is 35.1 Å². The van der Waals surface area contributed by atoms with Crippen molar-refractivity contribution in [2.24, 2.45) is 0 Å². The maximum atomic E-state index is 9.84. The molecule has 7 heteroatoms. The highest BCUT2D eigenvalue weighted by Gasteiger charge is 2.46. The zero-order valence-corrected chi connectivity index (χ0v) is 5.13. The number of hydrogen-bond donors (Lipinski definition) is 5. The Morgan fingerprint density at radius 3 is 1.64 bits per heavy atom. The summed E-state index contributed by atoms with van der Waals surface area (Å²) in [5.74, 6) is -7.91. The lowest BCUT2D eigenvalue weighted by atomic mass is 10.1. The third-order valence-corrected chi connectivity index (χ3v) is 0.930. The SMILES string of the molecule is O=C(O)[C@@H](O)C(O)(O)C(=O)O. The Balaban J connectivity index is 4.55. The zero-order valence-electron chi connectivity index (χ0n) is 5.13. The largest absolute Gasteiger partial charge is 0.479 e. The number of carboxylic acid groups (broad SMARTS) is 2. The minimum absolute atomic E-state index is 2.03. The van der Waals surface area contributed by atoms with E-state index >= 15 is 0 Å². The van der Waals surface area contributed by atoms with Gasteiger partial charge in [0.05, 0.1) is 0 Å². The smallest absolute Gasteiger partial charge is 0.367 e. The van der Waals surface area contributed by atoms with Gasteiger partial charge in [-0.25, -0.2) is 9.59 Å². The summed E-state index contributed by atoms with van der Waals surface area (Å²) in [4.78, 5) is 19.7. The van der Waals surface area contributed by atoms with Crippen molar-refractivity contribution in [1.29, 1.82) is 0 Å². The van der Waals surface area contributed by atoms with Crippen LogP contribution < -0.4 is 0 Å². The summed E-state index contributed by atoms with van der Waals surface area (Å²) in [6.45, 7) is 0. The molecule has 0 aromatic heterocycles. The molecule has 0 amide bonds. The van der Waals surface area contributed by atoms with E-state index in [1.54, 1.807) is 0 Å². The lowest BCUT2D eigenvalue weighted by molar-refractivity contribution is -0.238. The summed E-state index contributed by atoms with van der Waals surface area (Å²) in [7, 11) is 0. The van der Waals surface area contributed by atoms with Crippen LogP contribution in [0.2, 0.25) is 0 Å². The standard InChI is InChI=1S/C4H6O7/c5-1(2(6)7)4(10,11)3(8)9/h1,5,10-11H,(H,6,7)(H,8,9)/t1-/m1/s1. The Bertz CT molecular complexity index is 183. The molecule has 0 radical (unpaired) electrons. The van der Waals surface area contributed by atoms with Gasteiger partial charge in [0.25, 0.3) is 0 Å². The van der Waals surface area contributed by atoms with Gasteiger partial charge in [-0.3, -0.25) is 0 Å². The van der Waals surface area contributed by atoms with Crippen LogP contribution in [0.1, 0.15) is 0 Å². The first-order chi connectivity index (χ1) is 4.80. The van der Waals surface area contributed by atoms with E-state index in [1.807, 2.05) is 0 Å². The molecule has 11 heavy (non-hydrogen) atoms. The number of carbonyl (C=O) groups is 2. The molecular weight excluding hydrogens is 160 g/mol. The van der Waals surface area contributed by atoms with Gasteiger partial charge in [0.2, 0.25) is 6.10 Å². The molecule has 0 saturated carbocycles. The molecule has 0 aliphatic heterocycles. The first kappa shape index (κ1) is 9.82. The van der Waals surface area contributed by atoms with Crippen LogP contribution in [-0.2, 0) is 9.59 Å². The molecule has 64 valence electrons. The van der Waals surface area contributed by atoms with Crippen LogP contribution in [0.3, 0.4) is 0 Å². The third-order valence-electron chi connectivity index (χ3n) is 0.930. The predicted octanol–water partition coefficient (Wildman–Crippen LogP) is -2.80. The molecule has 0 rings (SSSR count). The van der Waals surface area contributed by atoms with Crippen LogP contribution in [0.4, 0.5) is 0 Å². The van der Waals surface area contributed by atoms with Gasteiger partial charge in [-0.2, -0.15) is 0 Å². The highest BCUT2D eigenvalue weighted by atomic mass is 16.6. The second kappa shape index (κ2) is 2.82. The molecule has 0 bridgehead atoms. The number of aliphatic hydroxyl groups excluding tert-OH is 1. The van der Waals surface area contributed by atoms with E-state index in [9.17, 15) is 9.59 Å². The molecule has 0 aliphatic rings. The minimum atomic E-state index is -3.65. The van der Waals surface area contributed by atoms with Crippen molar-refractivity contribution in [2.75, 3.05) is 0 Å². The van der Waals surface area contributed by atoms with Crippen LogP contribution in [0, 0.1) is 0 Å². The predicted molar refractivity (Wildman–Crippen MR) is 28.4 cm³/mol. The fraction of sp³-hybridized carbons (Fsp3) is 0.500. The van der Waals surface area contributed by atoms with Crippen molar-refractivity contribution in [3.05, 3.63) is 0 Å². The average molecular weight is 166 g/mol. The fourth-order valence-electron chi connectivity index (χ4n) is 0.289. The average Bonchev–Trinajstić information content (AvgIpc) is 1.85. The third kappa shape index (κ3) is 1.87. The van der Waals surface area contributed by atoms with Gasteiger partial charge in [0.1, 0.15) is 0 Å². The van der Waals surface area contributed by atoms with Gasteiger partial charge in [0, 0.05) is 0 Å².